The summed E-state index contributed by atoms with van der Waals surface area (Å²) in [4.78, 5) is 28.4. The van der Waals surface area contributed by atoms with Crippen LogP contribution in [0.1, 0.15) is 12.0 Å². The first-order valence-electron chi connectivity index (χ1n) is 9.10. The fourth-order valence-corrected chi connectivity index (χ4v) is 3.43. The molecule has 2 heterocycles. The minimum absolute atomic E-state index is 0.0104. The zero-order chi connectivity index (χ0) is 18.4. The molecule has 2 saturated heterocycles. The van der Waals surface area contributed by atoms with E-state index >= 15 is 0 Å². The van der Waals surface area contributed by atoms with Gasteiger partial charge in [-0.2, -0.15) is 0 Å². The van der Waals surface area contributed by atoms with Crippen molar-refractivity contribution < 1.29 is 14.0 Å². The normalized spacial score (nSPS) is 20.8. The van der Waals surface area contributed by atoms with E-state index in [2.05, 4.69) is 20.9 Å². The van der Waals surface area contributed by atoms with Crippen LogP contribution < -0.4 is 16.0 Å². The zero-order valence-electron chi connectivity index (χ0n) is 14.8. The highest BCUT2D eigenvalue weighted by atomic mass is 19.1. The Morgan fingerprint density at radius 2 is 1.85 bits per heavy atom. The monoisotopic (exact) mass is 363 g/mol. The number of nitrogens with one attached hydrogen (secondary N) is 3. The summed E-state index contributed by atoms with van der Waals surface area (Å²) in [6.07, 6.45) is 0.989. The maximum absolute atomic E-state index is 12.8. The van der Waals surface area contributed by atoms with Crippen LogP contribution in [0.25, 0.3) is 0 Å². The van der Waals surface area contributed by atoms with Crippen molar-refractivity contribution in [2.45, 2.75) is 19.0 Å². The number of hydrogen-bond donors (Lipinski definition) is 3. The highest BCUT2D eigenvalue weighted by Gasteiger charge is 2.30. The van der Waals surface area contributed by atoms with Crippen LogP contribution in [0.2, 0.25) is 0 Å². The lowest BCUT2D eigenvalue weighted by atomic mass is 10.2. The number of benzene rings is 1. The molecule has 3 rings (SSSR count). The van der Waals surface area contributed by atoms with Gasteiger partial charge in [0.2, 0.25) is 5.91 Å². The molecule has 0 bridgehead atoms. The second kappa shape index (κ2) is 8.95. The lowest BCUT2D eigenvalue weighted by Crippen LogP contribution is -2.50. The van der Waals surface area contributed by atoms with E-state index in [0.29, 0.717) is 6.04 Å². The van der Waals surface area contributed by atoms with Crippen molar-refractivity contribution in [1.82, 2.24) is 25.8 Å². The van der Waals surface area contributed by atoms with Crippen molar-refractivity contribution >= 4 is 11.9 Å². The van der Waals surface area contributed by atoms with Gasteiger partial charge in [-0.15, -0.1) is 0 Å². The van der Waals surface area contributed by atoms with Gasteiger partial charge in [0.05, 0.1) is 6.54 Å². The minimum atomic E-state index is -0.402. The Bertz CT molecular complexity index is 619. The number of rotatable bonds is 5. The highest BCUT2D eigenvalue weighted by Crippen LogP contribution is 2.16. The molecule has 2 aliphatic heterocycles. The number of nitrogens with zero attached hydrogens (tertiary/aromatic N) is 2. The molecular weight excluding hydrogens is 337 g/mol. The predicted molar refractivity (Wildman–Crippen MR) is 96.1 cm³/mol. The average molecular weight is 363 g/mol. The molecule has 2 aliphatic rings. The van der Waals surface area contributed by atoms with E-state index in [1.807, 2.05) is 4.90 Å². The zero-order valence-corrected chi connectivity index (χ0v) is 14.8. The molecule has 0 aromatic heterocycles. The fraction of sp³-hybridized carbons (Fsp3) is 0.556. The third-order valence-corrected chi connectivity index (χ3v) is 4.95. The molecule has 0 spiro atoms. The Balaban J connectivity index is 1.35. The molecule has 7 nitrogen and oxygen atoms in total. The molecule has 0 saturated carbocycles. The first kappa shape index (κ1) is 18.6. The number of amides is 3. The van der Waals surface area contributed by atoms with Crippen LogP contribution in [-0.2, 0) is 11.3 Å². The summed E-state index contributed by atoms with van der Waals surface area (Å²) >= 11 is 0. The molecule has 1 atom stereocenters. The van der Waals surface area contributed by atoms with E-state index in [0.717, 1.165) is 51.3 Å². The van der Waals surface area contributed by atoms with Gasteiger partial charge in [0.1, 0.15) is 5.82 Å². The topological polar surface area (TPSA) is 76.7 Å². The van der Waals surface area contributed by atoms with Crippen molar-refractivity contribution in [1.29, 1.82) is 0 Å². The van der Waals surface area contributed by atoms with Crippen molar-refractivity contribution in [3.05, 3.63) is 35.6 Å². The summed E-state index contributed by atoms with van der Waals surface area (Å²) in [7, 11) is 0. The van der Waals surface area contributed by atoms with Gasteiger partial charge in [0.25, 0.3) is 0 Å². The molecular formula is C18H26FN5O2. The van der Waals surface area contributed by atoms with Crippen LogP contribution in [0.15, 0.2) is 24.3 Å². The molecule has 1 unspecified atom stereocenters. The quantitative estimate of drug-likeness (QED) is 0.695. The third kappa shape index (κ3) is 5.15. The van der Waals surface area contributed by atoms with Crippen molar-refractivity contribution in [2.75, 3.05) is 45.8 Å². The molecule has 2 fully saturated rings. The minimum Gasteiger partial charge on any atom is -0.340 e. The van der Waals surface area contributed by atoms with Gasteiger partial charge in [-0.1, -0.05) is 12.1 Å². The van der Waals surface area contributed by atoms with Gasteiger partial charge >= 0.3 is 6.03 Å². The Labute approximate surface area is 152 Å². The Morgan fingerprint density at radius 1 is 1.12 bits per heavy atom. The van der Waals surface area contributed by atoms with Crippen LogP contribution >= 0.6 is 0 Å². The van der Waals surface area contributed by atoms with Gasteiger partial charge in [0.15, 0.2) is 0 Å². The standard InChI is InChI=1S/C18H26FN5O2/c19-15-3-1-14(2-4-15)11-21-18(26)22-12-17(25)24-8-5-16(13-24)23-9-6-20-7-10-23/h1-4,16,20H,5-13H2,(H2,21,22,26). The van der Waals surface area contributed by atoms with E-state index < -0.39 is 6.03 Å². The van der Waals surface area contributed by atoms with Gasteiger partial charge in [-0.3, -0.25) is 9.69 Å². The smallest absolute Gasteiger partial charge is 0.315 e. The number of halogens is 1. The molecule has 3 amide bonds. The summed E-state index contributed by atoms with van der Waals surface area (Å²) in [5.41, 5.74) is 0.797. The Kier molecular flexibility index (Phi) is 6.40. The van der Waals surface area contributed by atoms with Crippen LogP contribution in [0.3, 0.4) is 0 Å². The first-order valence-corrected chi connectivity index (χ1v) is 9.10. The second-order valence-electron chi connectivity index (χ2n) is 6.73. The van der Waals surface area contributed by atoms with Crippen LogP contribution in [-0.4, -0.2) is 73.6 Å². The average Bonchev–Trinajstić information content (AvgIpc) is 3.17. The molecule has 8 heteroatoms. The summed E-state index contributed by atoms with van der Waals surface area (Å²) in [6, 6.07) is 5.94. The van der Waals surface area contributed by atoms with Crippen molar-refractivity contribution in [2.24, 2.45) is 0 Å². The fourth-order valence-electron chi connectivity index (χ4n) is 3.43. The van der Waals surface area contributed by atoms with E-state index in [1.165, 1.54) is 12.1 Å². The van der Waals surface area contributed by atoms with Crippen LogP contribution in [0, 0.1) is 5.82 Å². The van der Waals surface area contributed by atoms with Crippen molar-refractivity contribution in [3.63, 3.8) is 0 Å². The Morgan fingerprint density at radius 3 is 2.58 bits per heavy atom. The van der Waals surface area contributed by atoms with Crippen LogP contribution in [0.4, 0.5) is 9.18 Å². The lowest BCUT2D eigenvalue weighted by Gasteiger charge is -2.32. The summed E-state index contributed by atoms with van der Waals surface area (Å²) < 4.78 is 12.8. The summed E-state index contributed by atoms with van der Waals surface area (Å²) in [6.45, 7) is 5.80. The van der Waals surface area contributed by atoms with Gasteiger partial charge in [-0.05, 0) is 24.1 Å². The van der Waals surface area contributed by atoms with E-state index in [9.17, 15) is 14.0 Å². The van der Waals surface area contributed by atoms with Crippen LogP contribution in [0.5, 0.6) is 0 Å². The van der Waals surface area contributed by atoms with Gasteiger partial charge < -0.3 is 20.9 Å². The van der Waals surface area contributed by atoms with Crippen molar-refractivity contribution in [3.8, 4) is 0 Å². The van der Waals surface area contributed by atoms with E-state index in [4.69, 9.17) is 0 Å². The molecule has 0 radical (unpaired) electrons. The number of likely N-dealkylation sites (tertiary alicyclic amines) is 1. The predicted octanol–water partition coefficient (Wildman–Crippen LogP) is 0.131. The van der Waals surface area contributed by atoms with Gasteiger partial charge in [0, 0.05) is 51.9 Å². The molecule has 142 valence electrons. The molecule has 1 aromatic carbocycles. The number of carbonyl (C=O) groups is 2. The molecule has 3 N–H and O–H groups in total. The second-order valence-corrected chi connectivity index (χ2v) is 6.73. The van der Waals surface area contributed by atoms with Gasteiger partial charge in [-0.25, -0.2) is 9.18 Å². The Hall–Kier alpha value is -2.19. The van der Waals surface area contributed by atoms with E-state index in [1.54, 1.807) is 12.1 Å². The number of urea groups is 1. The molecule has 26 heavy (non-hydrogen) atoms. The SMILES string of the molecule is O=C(NCC(=O)N1CCC(N2CCNCC2)C1)NCc1ccc(F)cc1. The number of hydrogen-bond acceptors (Lipinski definition) is 4. The lowest BCUT2D eigenvalue weighted by molar-refractivity contribution is -0.129. The highest BCUT2D eigenvalue weighted by molar-refractivity contribution is 5.84. The first-order chi connectivity index (χ1) is 12.6. The third-order valence-electron chi connectivity index (χ3n) is 4.95. The summed E-state index contributed by atoms with van der Waals surface area (Å²) in [5.74, 6) is -0.368. The number of carbonyl (C=O) groups excluding carboxylic acids is 2. The largest absolute Gasteiger partial charge is 0.340 e. The molecule has 0 aliphatic carbocycles. The van der Waals surface area contributed by atoms with E-state index in [-0.39, 0.29) is 24.8 Å². The maximum atomic E-state index is 12.8. The number of piperazine rings is 1. The maximum Gasteiger partial charge on any atom is 0.315 e. The summed E-state index contributed by atoms with van der Waals surface area (Å²) in [5, 5.41) is 8.60. The molecule has 1 aromatic rings.